The number of aryl methyl sites for hydroxylation is 2. The summed E-state index contributed by atoms with van der Waals surface area (Å²) in [6, 6.07) is 50.7. The summed E-state index contributed by atoms with van der Waals surface area (Å²) >= 11 is 0. The Kier molecular flexibility index (Phi) is 11.9. The first-order valence-corrected chi connectivity index (χ1v) is 20.3. The number of carbonyl (C=O) groups is 3. The van der Waals surface area contributed by atoms with Gasteiger partial charge in [-0.2, -0.15) is 13.2 Å². The molecule has 5 nitrogen and oxygen atoms in total. The molecule has 0 aliphatic rings. The van der Waals surface area contributed by atoms with Gasteiger partial charge in [0, 0.05) is 44.5 Å². The van der Waals surface area contributed by atoms with Crippen LogP contribution >= 0.6 is 0 Å². The molecule has 0 saturated heterocycles. The van der Waals surface area contributed by atoms with Crippen LogP contribution in [-0.4, -0.2) is 23.5 Å². The van der Waals surface area contributed by atoms with Gasteiger partial charge in [-0.1, -0.05) is 121 Å². The minimum Gasteiger partial charge on any atom is -0.457 e. The van der Waals surface area contributed by atoms with Gasteiger partial charge < -0.3 is 9.47 Å². The van der Waals surface area contributed by atoms with Gasteiger partial charge in [0.25, 0.3) is 5.67 Å². The van der Waals surface area contributed by atoms with E-state index in [1.165, 1.54) is 24.3 Å². The number of benzene rings is 8. The number of ketones is 3. The van der Waals surface area contributed by atoms with Crippen LogP contribution in [0.3, 0.4) is 0 Å². The molecule has 8 aromatic carbocycles. The largest absolute Gasteiger partial charge is 0.457 e. The summed E-state index contributed by atoms with van der Waals surface area (Å²) in [6.45, 7) is 3.82. The quantitative estimate of drug-likeness (QED) is 0.0853. The maximum atomic E-state index is 16.4. The van der Waals surface area contributed by atoms with Crippen LogP contribution in [0, 0.1) is 13.8 Å². The molecular weight excluding hydrogens is 817 g/mol. The van der Waals surface area contributed by atoms with E-state index >= 15 is 4.39 Å². The van der Waals surface area contributed by atoms with E-state index in [0.717, 1.165) is 46.5 Å². The van der Waals surface area contributed by atoms with Crippen molar-refractivity contribution in [3.63, 3.8) is 0 Å². The lowest BCUT2D eigenvalue weighted by Crippen LogP contribution is -2.39. The number of hydrogen-bond acceptors (Lipinski definition) is 5. The van der Waals surface area contributed by atoms with Crippen LogP contribution < -0.4 is 9.47 Å². The molecule has 0 N–H and O–H groups in total. The molecule has 9 heteroatoms. The topological polar surface area (TPSA) is 69.7 Å². The summed E-state index contributed by atoms with van der Waals surface area (Å²) in [7, 11) is 0. The Morgan fingerprint density at radius 3 is 1.17 bits per heavy atom. The Labute approximate surface area is 367 Å². The number of halogens is 4. The van der Waals surface area contributed by atoms with Gasteiger partial charge in [0.05, 0.1) is 0 Å². The third-order valence-corrected chi connectivity index (χ3v) is 10.9. The summed E-state index contributed by atoms with van der Waals surface area (Å²) < 4.78 is 71.6. The van der Waals surface area contributed by atoms with Gasteiger partial charge >= 0.3 is 6.18 Å². The molecule has 8 aromatic rings. The summed E-state index contributed by atoms with van der Waals surface area (Å²) in [5, 5.41) is 0. The first kappa shape index (κ1) is 42.8. The van der Waals surface area contributed by atoms with Crippen LogP contribution in [0.5, 0.6) is 23.0 Å². The highest BCUT2D eigenvalue weighted by Crippen LogP contribution is 2.48. The maximum Gasteiger partial charge on any atom is 0.431 e. The summed E-state index contributed by atoms with van der Waals surface area (Å²) in [6.07, 6.45) is -5.31. The number of alkyl halides is 4. The van der Waals surface area contributed by atoms with Crippen LogP contribution in [0.1, 0.15) is 70.0 Å². The lowest BCUT2D eigenvalue weighted by Gasteiger charge is -2.29. The minimum atomic E-state index is -5.31. The average Bonchev–Trinajstić information content (AvgIpc) is 3.32. The summed E-state index contributed by atoms with van der Waals surface area (Å²) in [5.74, 6) is 0.502. The smallest absolute Gasteiger partial charge is 0.431 e. The van der Waals surface area contributed by atoms with Crippen molar-refractivity contribution in [3.8, 4) is 34.1 Å². The Bertz CT molecular complexity index is 2950. The number of ether oxygens (including phenoxy) is 2. The monoisotopic (exact) mass is 854 g/mol. The van der Waals surface area contributed by atoms with Gasteiger partial charge in [-0.05, 0) is 109 Å². The fourth-order valence-electron chi connectivity index (χ4n) is 7.26. The van der Waals surface area contributed by atoms with Crippen molar-refractivity contribution in [1.29, 1.82) is 0 Å². The number of carbonyl (C=O) groups excluding carboxylic acids is 3. The molecule has 0 fully saturated rings. The zero-order valence-corrected chi connectivity index (χ0v) is 34.5. The molecule has 0 amide bonds. The Hall–Kier alpha value is -7.91. The van der Waals surface area contributed by atoms with Crippen molar-refractivity contribution < 1.29 is 41.4 Å². The van der Waals surface area contributed by atoms with Gasteiger partial charge in [0.15, 0.2) is 17.3 Å². The Morgan fingerprint density at radius 2 is 0.750 bits per heavy atom. The molecule has 0 aliphatic carbocycles. The van der Waals surface area contributed by atoms with E-state index in [-0.39, 0.29) is 28.8 Å². The van der Waals surface area contributed by atoms with Crippen molar-refractivity contribution in [2.24, 2.45) is 0 Å². The van der Waals surface area contributed by atoms with E-state index < -0.39 is 23.0 Å². The second kappa shape index (κ2) is 17.8. The number of hydrogen-bond donors (Lipinski definition) is 0. The molecule has 0 bridgehead atoms. The third kappa shape index (κ3) is 9.01. The highest BCUT2D eigenvalue weighted by molar-refractivity contribution is 6.11. The standard InChI is InChI=1S/C55H38F4O5/c1-35-8-11-39(12-9-35)51(60)41-18-26-46(27-19-41)63-48-30-22-44(23-31-48)54(56,55(57,58)59)45-24-32-49(33-25-45)64-47-28-20-42(21-29-47)52(61)40-16-14-37(15-17-40)43-13-10-36(2)50(34-43)53(62)38-6-4-3-5-7-38/h3-34H,1-2H3. The van der Waals surface area contributed by atoms with E-state index in [2.05, 4.69) is 0 Å². The fraction of sp³-hybridized carbons (Fsp3) is 0.0727. The normalized spacial score (nSPS) is 12.2. The zero-order valence-electron chi connectivity index (χ0n) is 34.5. The lowest BCUT2D eigenvalue weighted by molar-refractivity contribution is -0.219. The molecule has 0 saturated carbocycles. The van der Waals surface area contributed by atoms with Crippen molar-refractivity contribution >= 4 is 17.3 Å². The first-order valence-electron chi connectivity index (χ1n) is 20.3. The molecule has 8 rings (SSSR count). The number of rotatable bonds is 13. The van der Waals surface area contributed by atoms with Crippen LogP contribution in [0.2, 0.25) is 0 Å². The van der Waals surface area contributed by atoms with Crippen LogP contribution in [0.25, 0.3) is 11.1 Å². The highest BCUT2D eigenvalue weighted by Gasteiger charge is 2.58. The maximum absolute atomic E-state index is 16.4. The minimum absolute atomic E-state index is 0.0699. The van der Waals surface area contributed by atoms with E-state index in [9.17, 15) is 27.6 Å². The van der Waals surface area contributed by atoms with Gasteiger partial charge in [-0.3, -0.25) is 14.4 Å². The van der Waals surface area contributed by atoms with Gasteiger partial charge in [0.2, 0.25) is 0 Å². The molecule has 0 spiro atoms. The fourth-order valence-corrected chi connectivity index (χ4v) is 7.26. The third-order valence-electron chi connectivity index (χ3n) is 10.9. The molecule has 0 radical (unpaired) electrons. The molecule has 0 aromatic heterocycles. The van der Waals surface area contributed by atoms with Crippen LogP contribution in [0.15, 0.2) is 194 Å². The molecule has 64 heavy (non-hydrogen) atoms. The lowest BCUT2D eigenvalue weighted by atomic mass is 9.87. The van der Waals surface area contributed by atoms with Gasteiger partial charge in [-0.15, -0.1) is 0 Å². The second-order valence-electron chi connectivity index (χ2n) is 15.3. The molecule has 0 aliphatic heterocycles. The van der Waals surface area contributed by atoms with Crippen LogP contribution in [-0.2, 0) is 5.67 Å². The van der Waals surface area contributed by atoms with Crippen LogP contribution in [0.4, 0.5) is 17.6 Å². The van der Waals surface area contributed by atoms with E-state index in [1.54, 1.807) is 84.9 Å². The highest BCUT2D eigenvalue weighted by atomic mass is 19.4. The van der Waals surface area contributed by atoms with Crippen molar-refractivity contribution in [3.05, 3.63) is 250 Å². The second-order valence-corrected chi connectivity index (χ2v) is 15.3. The molecule has 316 valence electrons. The average molecular weight is 855 g/mol. The molecular formula is C55H38F4O5. The SMILES string of the molecule is Cc1ccc(C(=O)c2ccc(Oc3ccc(C(F)(c4ccc(Oc5ccc(C(=O)c6ccc(-c7ccc(C)c(C(=O)c8ccccc8)c7)cc6)cc5)cc4)C(F)(F)F)cc3)cc2)cc1. The Balaban J connectivity index is 0.904. The van der Waals surface area contributed by atoms with E-state index in [1.807, 2.05) is 74.5 Å². The van der Waals surface area contributed by atoms with Crippen molar-refractivity contribution in [2.75, 3.05) is 0 Å². The first-order chi connectivity index (χ1) is 30.8. The summed E-state index contributed by atoms with van der Waals surface area (Å²) in [5.41, 5.74) is 1.41. The van der Waals surface area contributed by atoms with Gasteiger partial charge in [0.1, 0.15) is 23.0 Å². The van der Waals surface area contributed by atoms with Crippen molar-refractivity contribution in [2.45, 2.75) is 25.7 Å². The predicted octanol–water partition coefficient (Wildman–Crippen LogP) is 14.0. The summed E-state index contributed by atoms with van der Waals surface area (Å²) in [4.78, 5) is 39.4. The van der Waals surface area contributed by atoms with E-state index in [0.29, 0.717) is 44.9 Å². The predicted molar refractivity (Wildman–Crippen MR) is 238 cm³/mol. The molecule has 0 heterocycles. The molecule has 1 atom stereocenters. The van der Waals surface area contributed by atoms with Gasteiger partial charge in [-0.25, -0.2) is 4.39 Å². The van der Waals surface area contributed by atoms with Crippen molar-refractivity contribution in [1.82, 2.24) is 0 Å². The Morgan fingerprint density at radius 1 is 0.391 bits per heavy atom. The molecule has 1 unspecified atom stereocenters. The zero-order chi connectivity index (χ0) is 45.0. The van der Waals surface area contributed by atoms with E-state index in [4.69, 9.17) is 9.47 Å².